The van der Waals surface area contributed by atoms with E-state index in [9.17, 15) is 4.79 Å². The van der Waals surface area contributed by atoms with Gasteiger partial charge in [0.05, 0.1) is 17.8 Å². The first-order valence-electron chi connectivity index (χ1n) is 10.1. The van der Waals surface area contributed by atoms with Crippen molar-refractivity contribution in [2.45, 2.75) is 20.8 Å². The lowest BCUT2D eigenvalue weighted by molar-refractivity contribution is 0.102. The lowest BCUT2D eigenvalue weighted by Gasteiger charge is -2.13. The highest BCUT2D eigenvalue weighted by atomic mass is 16.5. The van der Waals surface area contributed by atoms with E-state index in [2.05, 4.69) is 11.4 Å². The smallest absolute Gasteiger partial charge is 0.255 e. The van der Waals surface area contributed by atoms with E-state index in [1.807, 2.05) is 81.4 Å². The Kier molecular flexibility index (Phi) is 5.48. The van der Waals surface area contributed by atoms with Crippen LogP contribution in [0.1, 0.15) is 28.4 Å². The Morgan fingerprint density at radius 1 is 0.967 bits per heavy atom. The van der Waals surface area contributed by atoms with Crippen LogP contribution in [0.25, 0.3) is 22.2 Å². The summed E-state index contributed by atoms with van der Waals surface area (Å²) < 4.78 is 5.89. The average molecular weight is 396 g/mol. The van der Waals surface area contributed by atoms with E-state index in [0.29, 0.717) is 12.2 Å². The molecule has 1 amide bonds. The lowest BCUT2D eigenvalue weighted by Crippen LogP contribution is -2.13. The number of nitrogens with one attached hydrogen (secondary N) is 1. The maximum atomic E-state index is 12.9. The van der Waals surface area contributed by atoms with E-state index in [1.165, 1.54) is 0 Å². The average Bonchev–Trinajstić information content (AvgIpc) is 2.76. The molecule has 0 atom stereocenters. The van der Waals surface area contributed by atoms with E-state index < -0.39 is 0 Å². The van der Waals surface area contributed by atoms with Crippen LogP contribution in [-0.4, -0.2) is 17.5 Å². The fraction of sp³-hybridized carbons (Fsp3) is 0.154. The second-order valence-electron chi connectivity index (χ2n) is 7.31. The van der Waals surface area contributed by atoms with E-state index in [-0.39, 0.29) is 5.91 Å². The Hall–Kier alpha value is -3.66. The molecule has 0 aliphatic carbocycles. The van der Waals surface area contributed by atoms with Crippen molar-refractivity contribution < 1.29 is 9.53 Å². The lowest BCUT2D eigenvalue weighted by atomic mass is 10.1. The van der Waals surface area contributed by atoms with Crippen LogP contribution in [-0.2, 0) is 0 Å². The van der Waals surface area contributed by atoms with Gasteiger partial charge in [-0.2, -0.15) is 0 Å². The van der Waals surface area contributed by atoms with Gasteiger partial charge in [-0.15, -0.1) is 0 Å². The highest BCUT2D eigenvalue weighted by molar-refractivity contribution is 6.07. The molecule has 0 aliphatic rings. The second-order valence-corrected chi connectivity index (χ2v) is 7.31. The van der Waals surface area contributed by atoms with Gasteiger partial charge in [0, 0.05) is 28.3 Å². The summed E-state index contributed by atoms with van der Waals surface area (Å²) in [4.78, 5) is 17.7. The van der Waals surface area contributed by atoms with Gasteiger partial charge in [0.15, 0.2) is 0 Å². The number of hydrogen-bond acceptors (Lipinski definition) is 3. The van der Waals surface area contributed by atoms with Crippen molar-refractivity contribution in [3.63, 3.8) is 0 Å². The first kappa shape index (κ1) is 19.6. The molecule has 0 unspecified atom stereocenters. The minimum Gasteiger partial charge on any atom is -0.493 e. The molecule has 4 nitrogen and oxygen atoms in total. The van der Waals surface area contributed by atoms with Crippen LogP contribution < -0.4 is 10.1 Å². The molecule has 1 heterocycles. The molecule has 0 fully saturated rings. The molecular weight excluding hydrogens is 372 g/mol. The fourth-order valence-electron chi connectivity index (χ4n) is 3.52. The summed E-state index contributed by atoms with van der Waals surface area (Å²) in [5.41, 5.74) is 6.25. The van der Waals surface area contributed by atoms with Crippen molar-refractivity contribution in [2.75, 3.05) is 11.9 Å². The van der Waals surface area contributed by atoms with Crippen LogP contribution >= 0.6 is 0 Å². The van der Waals surface area contributed by atoms with Crippen molar-refractivity contribution in [3.8, 4) is 17.0 Å². The molecule has 1 aromatic heterocycles. The van der Waals surface area contributed by atoms with Gasteiger partial charge in [-0.05, 0) is 50.6 Å². The quantitative estimate of drug-likeness (QED) is 0.439. The van der Waals surface area contributed by atoms with Gasteiger partial charge in [-0.25, -0.2) is 4.98 Å². The number of carbonyl (C=O) groups is 1. The summed E-state index contributed by atoms with van der Waals surface area (Å²) in [7, 11) is 0. The van der Waals surface area contributed by atoms with Gasteiger partial charge < -0.3 is 10.1 Å². The molecule has 30 heavy (non-hydrogen) atoms. The predicted octanol–water partition coefficient (Wildman–Crippen LogP) is 6.17. The number of pyridine rings is 1. The van der Waals surface area contributed by atoms with Gasteiger partial charge in [0.2, 0.25) is 0 Å². The minimum absolute atomic E-state index is 0.154. The summed E-state index contributed by atoms with van der Waals surface area (Å²) in [5, 5.41) is 3.83. The fourth-order valence-corrected chi connectivity index (χ4v) is 3.52. The zero-order valence-electron chi connectivity index (χ0n) is 17.4. The maximum Gasteiger partial charge on any atom is 0.255 e. The molecule has 150 valence electrons. The van der Waals surface area contributed by atoms with Crippen molar-refractivity contribution in [3.05, 3.63) is 89.5 Å². The van der Waals surface area contributed by atoms with Gasteiger partial charge >= 0.3 is 0 Å². The monoisotopic (exact) mass is 396 g/mol. The van der Waals surface area contributed by atoms with Crippen LogP contribution in [0.15, 0.2) is 72.8 Å². The molecule has 4 rings (SSSR count). The second kappa shape index (κ2) is 8.37. The Balaban J connectivity index is 1.72. The third-order valence-electron chi connectivity index (χ3n) is 5.03. The highest BCUT2D eigenvalue weighted by Gasteiger charge is 2.13. The van der Waals surface area contributed by atoms with Crippen molar-refractivity contribution >= 4 is 22.5 Å². The molecule has 4 aromatic rings. The third-order valence-corrected chi connectivity index (χ3v) is 5.03. The molecule has 4 heteroatoms. The summed E-state index contributed by atoms with van der Waals surface area (Å²) in [6, 6.07) is 23.4. The number of benzene rings is 3. The van der Waals surface area contributed by atoms with E-state index in [0.717, 1.165) is 44.7 Å². The normalized spacial score (nSPS) is 10.8. The summed E-state index contributed by atoms with van der Waals surface area (Å²) in [5.74, 6) is 0.570. The Morgan fingerprint density at radius 2 is 1.77 bits per heavy atom. The van der Waals surface area contributed by atoms with E-state index in [4.69, 9.17) is 9.72 Å². The molecule has 0 saturated heterocycles. The van der Waals surface area contributed by atoms with Gasteiger partial charge in [-0.1, -0.05) is 48.0 Å². The van der Waals surface area contributed by atoms with Crippen LogP contribution in [0.2, 0.25) is 0 Å². The number of fused-ring (bicyclic) bond motifs is 1. The van der Waals surface area contributed by atoms with Crippen molar-refractivity contribution in [2.24, 2.45) is 0 Å². The van der Waals surface area contributed by atoms with Gasteiger partial charge in [-0.3, -0.25) is 4.79 Å². The van der Waals surface area contributed by atoms with Crippen LogP contribution in [0.5, 0.6) is 5.75 Å². The Labute approximate surface area is 176 Å². The Bertz CT molecular complexity index is 1220. The topological polar surface area (TPSA) is 51.2 Å². The number of aromatic nitrogens is 1. The summed E-state index contributed by atoms with van der Waals surface area (Å²) in [6.45, 7) is 6.51. The Morgan fingerprint density at radius 3 is 2.50 bits per heavy atom. The number of anilines is 1. The number of amides is 1. The molecule has 0 radical (unpaired) electrons. The molecule has 1 N–H and O–H groups in total. The zero-order chi connectivity index (χ0) is 21.1. The van der Waals surface area contributed by atoms with E-state index in [1.54, 1.807) is 6.07 Å². The van der Waals surface area contributed by atoms with Crippen LogP contribution in [0, 0.1) is 13.8 Å². The molecular formula is C26H24N2O2. The molecule has 0 aliphatic heterocycles. The number of hydrogen-bond donors (Lipinski definition) is 1. The van der Waals surface area contributed by atoms with Crippen molar-refractivity contribution in [1.82, 2.24) is 4.98 Å². The SMILES string of the molecule is CCOc1cc(-c2ccccc2)nc2ccc(C(=O)Nc3ccc(C)cc3C)cc12. The zero-order valence-corrected chi connectivity index (χ0v) is 17.4. The van der Waals surface area contributed by atoms with Crippen molar-refractivity contribution in [1.29, 1.82) is 0 Å². The first-order valence-corrected chi connectivity index (χ1v) is 10.1. The molecule has 3 aromatic carbocycles. The molecule has 0 saturated carbocycles. The standard InChI is InChI=1S/C26H24N2O2/c1-4-30-25-16-24(19-8-6-5-7-9-19)27-23-13-11-20(15-21(23)25)26(29)28-22-12-10-17(2)14-18(22)3/h5-16H,4H2,1-3H3,(H,28,29). The number of rotatable bonds is 5. The number of nitrogens with zero attached hydrogens (tertiary/aromatic N) is 1. The van der Waals surface area contributed by atoms with E-state index >= 15 is 0 Å². The number of carbonyl (C=O) groups excluding carboxylic acids is 1. The summed E-state index contributed by atoms with van der Waals surface area (Å²) >= 11 is 0. The highest BCUT2D eigenvalue weighted by Crippen LogP contribution is 2.31. The molecule has 0 spiro atoms. The van der Waals surface area contributed by atoms with Crippen LogP contribution in [0.4, 0.5) is 5.69 Å². The minimum atomic E-state index is -0.154. The number of aryl methyl sites for hydroxylation is 2. The van der Waals surface area contributed by atoms with Gasteiger partial charge in [0.1, 0.15) is 5.75 Å². The summed E-state index contributed by atoms with van der Waals surface area (Å²) in [6.07, 6.45) is 0. The number of ether oxygens (including phenoxy) is 1. The van der Waals surface area contributed by atoms with Crippen LogP contribution in [0.3, 0.4) is 0 Å². The first-order chi connectivity index (χ1) is 14.5. The van der Waals surface area contributed by atoms with Gasteiger partial charge in [0.25, 0.3) is 5.91 Å². The maximum absolute atomic E-state index is 12.9. The third kappa shape index (κ3) is 4.03. The predicted molar refractivity (Wildman–Crippen MR) is 122 cm³/mol. The largest absolute Gasteiger partial charge is 0.493 e. The molecule has 0 bridgehead atoms.